The number of hydrogen-bond acceptors (Lipinski definition) is 5. The van der Waals surface area contributed by atoms with Gasteiger partial charge in [0.25, 0.3) is 5.56 Å². The lowest BCUT2D eigenvalue weighted by atomic mass is 10.2. The Morgan fingerprint density at radius 2 is 1.81 bits per heavy atom. The topological polar surface area (TPSA) is 76.0 Å². The van der Waals surface area contributed by atoms with Gasteiger partial charge in [0.2, 0.25) is 5.78 Å². The number of rotatable bonds is 6. The first-order chi connectivity index (χ1) is 13.3. The lowest BCUT2D eigenvalue weighted by Crippen LogP contribution is -2.24. The highest BCUT2D eigenvalue weighted by Gasteiger charge is 2.16. The lowest BCUT2D eigenvalue weighted by molar-refractivity contribution is 0.764. The number of hydrogen-bond donors (Lipinski definition) is 0. The van der Waals surface area contributed by atoms with Crippen LogP contribution in [-0.2, 0) is 6.54 Å². The smallest absolute Gasteiger partial charge is 0.263 e. The first kappa shape index (κ1) is 17.3. The van der Waals surface area contributed by atoms with Gasteiger partial charge in [-0.15, -0.1) is 10.2 Å². The van der Waals surface area contributed by atoms with Gasteiger partial charge < -0.3 is 0 Å². The minimum atomic E-state index is -0.0737. The molecule has 2 aromatic heterocycles. The Morgan fingerprint density at radius 3 is 2.63 bits per heavy atom. The highest BCUT2D eigenvalue weighted by atomic mass is 32.2. The van der Waals surface area contributed by atoms with Crippen LogP contribution in [0.2, 0.25) is 0 Å². The molecule has 0 aliphatic rings. The average molecular weight is 375 g/mol. The monoisotopic (exact) mass is 375 g/mol. The van der Waals surface area contributed by atoms with Gasteiger partial charge in [0.1, 0.15) is 0 Å². The number of benzene rings is 2. The molecule has 0 saturated carbocycles. The van der Waals surface area contributed by atoms with E-state index < -0.39 is 0 Å². The molecule has 0 amide bonds. The number of para-hydroxylation sites is 1. The first-order valence-corrected chi connectivity index (χ1v) is 9.68. The highest BCUT2D eigenvalue weighted by Crippen LogP contribution is 2.22. The fourth-order valence-corrected chi connectivity index (χ4v) is 3.93. The summed E-state index contributed by atoms with van der Waals surface area (Å²) in [6.07, 6.45) is 1.31. The van der Waals surface area contributed by atoms with Crippen LogP contribution in [0.5, 0.6) is 0 Å². The van der Waals surface area contributed by atoms with Crippen LogP contribution in [0.25, 0.3) is 16.7 Å². The Morgan fingerprint density at radius 1 is 1.04 bits per heavy atom. The molecular formula is C20H17N5OS. The molecule has 7 heteroatoms. The van der Waals surface area contributed by atoms with E-state index in [4.69, 9.17) is 5.26 Å². The Balaban J connectivity index is 1.87. The van der Waals surface area contributed by atoms with Gasteiger partial charge in [-0.3, -0.25) is 13.8 Å². The van der Waals surface area contributed by atoms with Gasteiger partial charge in [-0.05, 0) is 24.1 Å². The number of unbranched alkanes of at least 4 members (excludes halogenated alkanes) is 1. The van der Waals surface area contributed by atoms with E-state index in [9.17, 15) is 4.79 Å². The molecule has 0 saturated heterocycles. The maximum absolute atomic E-state index is 13.1. The van der Waals surface area contributed by atoms with Crippen molar-refractivity contribution in [1.82, 2.24) is 19.2 Å². The molecule has 2 heterocycles. The molecule has 0 aliphatic carbocycles. The number of nitrogens with zero attached hydrogens (tertiary/aromatic N) is 5. The summed E-state index contributed by atoms with van der Waals surface area (Å²) in [7, 11) is 0. The maximum Gasteiger partial charge on any atom is 0.263 e. The Labute approximate surface area is 160 Å². The maximum atomic E-state index is 13.1. The van der Waals surface area contributed by atoms with Crippen LogP contribution in [0.4, 0.5) is 0 Å². The molecule has 4 aromatic rings. The molecule has 2 aromatic carbocycles. The standard InChI is InChI=1S/C20H17N5OS/c21-12-6-7-13-27-20-23-22-19-24(14-15-8-2-1-3-9-15)18(26)16-10-4-5-11-17(16)25(19)20/h1-5,8-11H,6-7,13-14H2. The average Bonchev–Trinajstić information content (AvgIpc) is 3.13. The quantitative estimate of drug-likeness (QED) is 0.381. The fraction of sp³-hybridized carbons (Fsp3) is 0.200. The zero-order valence-electron chi connectivity index (χ0n) is 14.6. The number of fused-ring (bicyclic) bond motifs is 3. The van der Waals surface area contributed by atoms with Crippen LogP contribution < -0.4 is 5.56 Å². The molecule has 0 spiro atoms. The third kappa shape index (κ3) is 3.32. The van der Waals surface area contributed by atoms with Crippen LogP contribution in [0, 0.1) is 11.3 Å². The second-order valence-corrected chi connectivity index (χ2v) is 7.18. The highest BCUT2D eigenvalue weighted by molar-refractivity contribution is 7.99. The van der Waals surface area contributed by atoms with E-state index in [1.165, 1.54) is 0 Å². The Bertz CT molecular complexity index is 1190. The molecule has 4 rings (SSSR count). The third-order valence-corrected chi connectivity index (χ3v) is 5.34. The van der Waals surface area contributed by atoms with Crippen molar-refractivity contribution in [3.8, 4) is 6.07 Å². The third-order valence-electron chi connectivity index (χ3n) is 4.33. The van der Waals surface area contributed by atoms with Crippen LogP contribution in [0.1, 0.15) is 18.4 Å². The lowest BCUT2D eigenvalue weighted by Gasteiger charge is -2.11. The molecule has 0 aliphatic heterocycles. The SMILES string of the molecule is N#CCCCSc1nnc2n(Cc3ccccc3)c(=O)c3ccccc3n12. The van der Waals surface area contributed by atoms with Crippen molar-refractivity contribution >= 4 is 28.4 Å². The van der Waals surface area contributed by atoms with E-state index in [0.29, 0.717) is 24.1 Å². The van der Waals surface area contributed by atoms with Gasteiger partial charge in [-0.1, -0.05) is 54.2 Å². The number of aromatic nitrogens is 4. The van der Waals surface area contributed by atoms with E-state index >= 15 is 0 Å². The van der Waals surface area contributed by atoms with Crippen molar-refractivity contribution in [2.45, 2.75) is 24.5 Å². The summed E-state index contributed by atoms with van der Waals surface area (Å²) in [5, 5.41) is 18.7. The molecule has 0 bridgehead atoms. The summed E-state index contributed by atoms with van der Waals surface area (Å²) in [5.74, 6) is 1.31. The van der Waals surface area contributed by atoms with Crippen molar-refractivity contribution in [1.29, 1.82) is 5.26 Å². The van der Waals surface area contributed by atoms with E-state index in [1.54, 1.807) is 16.3 Å². The zero-order valence-corrected chi connectivity index (χ0v) is 15.4. The predicted molar refractivity (Wildman–Crippen MR) is 106 cm³/mol. The second-order valence-electron chi connectivity index (χ2n) is 6.12. The normalized spacial score (nSPS) is 11.1. The molecular weight excluding hydrogens is 358 g/mol. The summed E-state index contributed by atoms with van der Waals surface area (Å²) in [6.45, 7) is 0.436. The molecule has 134 valence electrons. The summed E-state index contributed by atoms with van der Waals surface area (Å²) < 4.78 is 3.61. The molecule has 6 nitrogen and oxygen atoms in total. The van der Waals surface area contributed by atoms with Gasteiger partial charge in [-0.2, -0.15) is 5.26 Å². The molecule has 0 fully saturated rings. The van der Waals surface area contributed by atoms with Gasteiger partial charge in [0.15, 0.2) is 5.16 Å². The molecule has 27 heavy (non-hydrogen) atoms. The minimum Gasteiger partial charge on any atom is -0.272 e. The van der Waals surface area contributed by atoms with Gasteiger partial charge in [0, 0.05) is 12.2 Å². The second kappa shape index (κ2) is 7.64. The first-order valence-electron chi connectivity index (χ1n) is 8.70. The Kier molecular flexibility index (Phi) is 4.90. The van der Waals surface area contributed by atoms with Crippen LogP contribution >= 0.6 is 11.8 Å². The van der Waals surface area contributed by atoms with Crippen LogP contribution in [0.15, 0.2) is 64.5 Å². The van der Waals surface area contributed by atoms with Gasteiger partial charge in [0.05, 0.1) is 23.5 Å². The number of nitriles is 1. The van der Waals surface area contributed by atoms with E-state index in [-0.39, 0.29) is 5.56 Å². The minimum absolute atomic E-state index is 0.0737. The predicted octanol–water partition coefficient (Wildman–Crippen LogP) is 3.49. The zero-order chi connectivity index (χ0) is 18.6. The summed E-state index contributed by atoms with van der Waals surface area (Å²) in [6, 6.07) is 19.5. The van der Waals surface area contributed by atoms with E-state index in [1.807, 2.05) is 59.0 Å². The van der Waals surface area contributed by atoms with E-state index in [2.05, 4.69) is 16.3 Å². The molecule has 0 radical (unpaired) electrons. The van der Waals surface area contributed by atoms with Crippen molar-refractivity contribution in [2.75, 3.05) is 5.75 Å². The summed E-state index contributed by atoms with van der Waals surface area (Å²) in [5.41, 5.74) is 1.76. The molecule has 0 N–H and O–H groups in total. The van der Waals surface area contributed by atoms with E-state index in [0.717, 1.165) is 28.4 Å². The van der Waals surface area contributed by atoms with Gasteiger partial charge >= 0.3 is 0 Å². The van der Waals surface area contributed by atoms with Crippen molar-refractivity contribution in [3.63, 3.8) is 0 Å². The van der Waals surface area contributed by atoms with Crippen molar-refractivity contribution < 1.29 is 0 Å². The van der Waals surface area contributed by atoms with Crippen LogP contribution in [-0.4, -0.2) is 24.9 Å². The summed E-state index contributed by atoms with van der Waals surface area (Å²) in [4.78, 5) is 13.1. The van der Waals surface area contributed by atoms with Crippen LogP contribution in [0.3, 0.4) is 0 Å². The molecule has 0 atom stereocenters. The largest absolute Gasteiger partial charge is 0.272 e. The Hall–Kier alpha value is -3.11. The molecule has 0 unspecified atom stereocenters. The summed E-state index contributed by atoms with van der Waals surface area (Å²) >= 11 is 1.56. The van der Waals surface area contributed by atoms with Gasteiger partial charge in [-0.25, -0.2) is 0 Å². The van der Waals surface area contributed by atoms with Crippen molar-refractivity contribution in [2.24, 2.45) is 0 Å². The fourth-order valence-electron chi connectivity index (χ4n) is 3.05. The van der Waals surface area contributed by atoms with Crippen molar-refractivity contribution in [3.05, 3.63) is 70.5 Å². The number of thioether (sulfide) groups is 1.